The predicted molar refractivity (Wildman–Crippen MR) is 60.5 cm³/mol. The van der Waals surface area contributed by atoms with Crippen LogP contribution in [0.25, 0.3) is 11.0 Å². The number of nitrogens with one attached hydrogen (secondary N) is 1. The van der Waals surface area contributed by atoms with E-state index in [2.05, 4.69) is 5.32 Å². The molecule has 1 heterocycles. The van der Waals surface area contributed by atoms with E-state index < -0.39 is 0 Å². The number of anilines is 1. The molecule has 3 heteroatoms. The minimum Gasteiger partial charge on any atom is -0.464 e. The van der Waals surface area contributed by atoms with Gasteiger partial charge in [0.1, 0.15) is 5.58 Å². The van der Waals surface area contributed by atoms with Crippen molar-refractivity contribution in [3.63, 3.8) is 0 Å². The van der Waals surface area contributed by atoms with Crippen molar-refractivity contribution < 1.29 is 4.42 Å². The molecule has 1 saturated carbocycles. The number of hydrogen-bond donors (Lipinski definition) is 2. The molecule has 0 spiro atoms. The highest BCUT2D eigenvalue weighted by Gasteiger charge is 2.20. The fourth-order valence-electron chi connectivity index (χ4n) is 1.78. The molecule has 0 atom stereocenters. The summed E-state index contributed by atoms with van der Waals surface area (Å²) in [5, 5.41) is 4.64. The zero-order valence-corrected chi connectivity index (χ0v) is 8.49. The molecule has 3 N–H and O–H groups in total. The zero-order chi connectivity index (χ0) is 10.3. The van der Waals surface area contributed by atoms with Crippen molar-refractivity contribution in [2.45, 2.75) is 25.4 Å². The Morgan fingerprint density at radius 3 is 3.07 bits per heavy atom. The van der Waals surface area contributed by atoms with Gasteiger partial charge in [-0.15, -0.1) is 0 Å². The van der Waals surface area contributed by atoms with E-state index in [-0.39, 0.29) is 0 Å². The SMILES string of the molecule is Nc1ccc2c(CNC3CC3)coc2c1. The van der Waals surface area contributed by atoms with Gasteiger partial charge in [0.15, 0.2) is 0 Å². The largest absolute Gasteiger partial charge is 0.464 e. The van der Waals surface area contributed by atoms with Crippen LogP contribution in [0.15, 0.2) is 28.9 Å². The highest BCUT2D eigenvalue weighted by atomic mass is 16.3. The van der Waals surface area contributed by atoms with Crippen LogP contribution < -0.4 is 11.1 Å². The molecule has 3 rings (SSSR count). The number of hydrogen-bond acceptors (Lipinski definition) is 3. The average Bonchev–Trinajstić information content (AvgIpc) is 2.97. The molecule has 1 aliphatic rings. The van der Waals surface area contributed by atoms with Crippen LogP contribution in [0.2, 0.25) is 0 Å². The summed E-state index contributed by atoms with van der Waals surface area (Å²) in [6.07, 6.45) is 4.44. The van der Waals surface area contributed by atoms with Crippen LogP contribution in [0.3, 0.4) is 0 Å². The first kappa shape index (κ1) is 8.80. The summed E-state index contributed by atoms with van der Waals surface area (Å²) in [4.78, 5) is 0. The number of furan rings is 1. The van der Waals surface area contributed by atoms with Gasteiger partial charge in [0.05, 0.1) is 6.26 Å². The molecule has 1 aromatic heterocycles. The van der Waals surface area contributed by atoms with E-state index in [4.69, 9.17) is 10.2 Å². The van der Waals surface area contributed by atoms with Gasteiger partial charge >= 0.3 is 0 Å². The molecule has 0 saturated heterocycles. The molecule has 0 amide bonds. The van der Waals surface area contributed by atoms with E-state index >= 15 is 0 Å². The second kappa shape index (κ2) is 3.28. The van der Waals surface area contributed by atoms with Gasteiger partial charge in [-0.25, -0.2) is 0 Å². The Morgan fingerprint density at radius 1 is 1.40 bits per heavy atom. The molecule has 1 fully saturated rings. The fourth-order valence-corrected chi connectivity index (χ4v) is 1.78. The van der Waals surface area contributed by atoms with Crippen LogP contribution in [0.1, 0.15) is 18.4 Å². The summed E-state index contributed by atoms with van der Waals surface area (Å²) in [5.74, 6) is 0. The van der Waals surface area contributed by atoms with Crippen molar-refractivity contribution in [3.05, 3.63) is 30.0 Å². The second-order valence-corrected chi connectivity index (χ2v) is 4.17. The predicted octanol–water partition coefficient (Wildman–Crippen LogP) is 2.27. The summed E-state index contributed by atoms with van der Waals surface area (Å²) in [7, 11) is 0. The first-order valence-electron chi connectivity index (χ1n) is 5.32. The average molecular weight is 202 g/mol. The van der Waals surface area contributed by atoms with Gasteiger partial charge in [0.2, 0.25) is 0 Å². The fraction of sp³-hybridized carbons (Fsp3) is 0.333. The van der Waals surface area contributed by atoms with Gasteiger partial charge < -0.3 is 15.5 Å². The maximum Gasteiger partial charge on any atom is 0.136 e. The lowest BCUT2D eigenvalue weighted by Crippen LogP contribution is -2.14. The number of fused-ring (bicyclic) bond motifs is 1. The summed E-state index contributed by atoms with van der Waals surface area (Å²) in [5.41, 5.74) is 8.54. The molecular weight excluding hydrogens is 188 g/mol. The quantitative estimate of drug-likeness (QED) is 0.751. The van der Waals surface area contributed by atoms with E-state index in [1.807, 2.05) is 24.5 Å². The van der Waals surface area contributed by atoms with Gasteiger partial charge in [-0.2, -0.15) is 0 Å². The van der Waals surface area contributed by atoms with Crippen molar-refractivity contribution in [3.8, 4) is 0 Å². The summed E-state index contributed by atoms with van der Waals surface area (Å²) < 4.78 is 5.46. The van der Waals surface area contributed by atoms with Crippen LogP contribution in [0.5, 0.6) is 0 Å². The van der Waals surface area contributed by atoms with Crippen LogP contribution >= 0.6 is 0 Å². The third kappa shape index (κ3) is 1.70. The molecule has 0 unspecified atom stereocenters. The third-order valence-corrected chi connectivity index (χ3v) is 2.84. The van der Waals surface area contributed by atoms with Gasteiger partial charge in [-0.1, -0.05) is 0 Å². The van der Waals surface area contributed by atoms with Crippen molar-refractivity contribution in [1.82, 2.24) is 5.32 Å². The van der Waals surface area contributed by atoms with Crippen molar-refractivity contribution in [2.75, 3.05) is 5.73 Å². The van der Waals surface area contributed by atoms with E-state index in [0.29, 0.717) is 0 Å². The molecule has 15 heavy (non-hydrogen) atoms. The Morgan fingerprint density at radius 2 is 2.27 bits per heavy atom. The molecular formula is C12H14N2O. The summed E-state index contributed by atoms with van der Waals surface area (Å²) >= 11 is 0. The summed E-state index contributed by atoms with van der Waals surface area (Å²) in [6, 6.07) is 6.54. The van der Waals surface area contributed by atoms with Gasteiger partial charge in [-0.3, -0.25) is 0 Å². The topological polar surface area (TPSA) is 51.2 Å². The highest BCUT2D eigenvalue weighted by Crippen LogP contribution is 2.25. The van der Waals surface area contributed by atoms with E-state index in [1.165, 1.54) is 18.4 Å². The lowest BCUT2D eigenvalue weighted by atomic mass is 10.1. The van der Waals surface area contributed by atoms with Crippen LogP contribution in [0, 0.1) is 0 Å². The number of nitrogen functional groups attached to an aromatic ring is 1. The van der Waals surface area contributed by atoms with Crippen molar-refractivity contribution in [1.29, 1.82) is 0 Å². The Bertz CT molecular complexity index is 485. The molecule has 0 aliphatic heterocycles. The first-order valence-corrected chi connectivity index (χ1v) is 5.32. The van der Waals surface area contributed by atoms with E-state index in [0.717, 1.165) is 29.2 Å². The van der Waals surface area contributed by atoms with Crippen molar-refractivity contribution in [2.24, 2.45) is 0 Å². The lowest BCUT2D eigenvalue weighted by molar-refractivity contribution is 0.601. The Balaban J connectivity index is 1.89. The van der Waals surface area contributed by atoms with Gasteiger partial charge in [-0.05, 0) is 25.0 Å². The molecule has 3 nitrogen and oxygen atoms in total. The van der Waals surface area contributed by atoms with Gasteiger partial charge in [0, 0.05) is 35.3 Å². The van der Waals surface area contributed by atoms with Crippen LogP contribution in [0.4, 0.5) is 5.69 Å². The minimum absolute atomic E-state index is 0.726. The Labute approximate surface area is 88.3 Å². The second-order valence-electron chi connectivity index (χ2n) is 4.17. The molecule has 0 bridgehead atoms. The summed E-state index contributed by atoms with van der Waals surface area (Å²) in [6.45, 7) is 0.890. The standard InChI is InChI=1S/C12H14N2O/c13-9-1-4-11-8(6-14-10-2-3-10)7-15-12(11)5-9/h1,4-5,7,10,14H,2-3,6,13H2. The Kier molecular flexibility index (Phi) is 1.92. The molecule has 78 valence electrons. The number of benzene rings is 1. The van der Waals surface area contributed by atoms with Crippen LogP contribution in [-0.2, 0) is 6.54 Å². The molecule has 1 aliphatic carbocycles. The molecule has 0 radical (unpaired) electrons. The minimum atomic E-state index is 0.726. The highest BCUT2D eigenvalue weighted by molar-refractivity contribution is 5.83. The Hall–Kier alpha value is -1.48. The van der Waals surface area contributed by atoms with Crippen LogP contribution in [-0.4, -0.2) is 6.04 Å². The molecule has 1 aromatic carbocycles. The normalized spacial score (nSPS) is 16.0. The number of rotatable bonds is 3. The monoisotopic (exact) mass is 202 g/mol. The third-order valence-electron chi connectivity index (χ3n) is 2.84. The maximum absolute atomic E-state index is 5.69. The molecule has 2 aromatic rings. The van der Waals surface area contributed by atoms with E-state index in [1.54, 1.807) is 0 Å². The zero-order valence-electron chi connectivity index (χ0n) is 8.49. The van der Waals surface area contributed by atoms with E-state index in [9.17, 15) is 0 Å². The lowest BCUT2D eigenvalue weighted by Gasteiger charge is -1.99. The number of nitrogens with two attached hydrogens (primary N) is 1. The smallest absolute Gasteiger partial charge is 0.136 e. The van der Waals surface area contributed by atoms with Gasteiger partial charge in [0.25, 0.3) is 0 Å². The first-order chi connectivity index (χ1) is 7.33. The van der Waals surface area contributed by atoms with Crippen molar-refractivity contribution >= 4 is 16.7 Å². The maximum atomic E-state index is 5.69.